The van der Waals surface area contributed by atoms with Crippen molar-refractivity contribution in [1.29, 1.82) is 10.5 Å². The molecule has 0 aliphatic heterocycles. The third kappa shape index (κ3) is 3.08. The van der Waals surface area contributed by atoms with E-state index in [1.54, 1.807) is 29.6 Å². The first kappa shape index (κ1) is 21.5. The summed E-state index contributed by atoms with van der Waals surface area (Å²) in [7, 11) is 0. The molecule has 36 heavy (non-hydrogen) atoms. The van der Waals surface area contributed by atoms with Crippen LogP contribution in [-0.2, 0) is 0 Å². The van der Waals surface area contributed by atoms with Crippen LogP contribution in [0.25, 0.3) is 49.0 Å². The van der Waals surface area contributed by atoms with Crippen LogP contribution in [0.4, 0.5) is 0 Å². The van der Waals surface area contributed by atoms with Crippen LogP contribution >= 0.6 is 11.3 Å². The quantitative estimate of drug-likeness (QED) is 0.221. The van der Waals surface area contributed by atoms with Crippen molar-refractivity contribution in [2.75, 3.05) is 0 Å². The number of benzene rings is 3. The molecule has 0 unspecified atom stereocenters. The summed E-state index contributed by atoms with van der Waals surface area (Å²) in [6, 6.07) is 24.6. The maximum Gasteiger partial charge on any atom is 0.345 e. The molecule has 6 rings (SSSR count). The van der Waals surface area contributed by atoms with Crippen molar-refractivity contribution in [1.82, 2.24) is 4.40 Å². The lowest BCUT2D eigenvalue weighted by Crippen LogP contribution is -2.20. The van der Waals surface area contributed by atoms with Crippen LogP contribution in [0, 0.1) is 29.6 Å². The van der Waals surface area contributed by atoms with Crippen LogP contribution in [-0.4, -0.2) is 4.40 Å². The van der Waals surface area contributed by atoms with Gasteiger partial charge in [0.15, 0.2) is 0 Å². The number of nitriles is 2. The van der Waals surface area contributed by atoms with Gasteiger partial charge in [-0.2, -0.15) is 10.5 Å². The molecule has 3 aromatic carbocycles. The predicted molar refractivity (Wildman–Crippen MR) is 140 cm³/mol. The predicted octanol–water partition coefficient (Wildman–Crippen LogP) is 6.01. The number of fused-ring (bicyclic) bond motifs is 4. The van der Waals surface area contributed by atoms with Gasteiger partial charge in [-0.1, -0.05) is 60.2 Å². The molecule has 3 aromatic heterocycles. The highest BCUT2D eigenvalue weighted by Gasteiger charge is 2.24. The summed E-state index contributed by atoms with van der Waals surface area (Å²) in [6.07, 6.45) is 0. The van der Waals surface area contributed by atoms with Gasteiger partial charge >= 0.3 is 5.63 Å². The van der Waals surface area contributed by atoms with Gasteiger partial charge in [0.2, 0.25) is 0 Å². The summed E-state index contributed by atoms with van der Waals surface area (Å²) in [6.45, 7) is 1.93. The molecule has 0 aliphatic carbocycles. The molecule has 0 amide bonds. The van der Waals surface area contributed by atoms with Gasteiger partial charge in [-0.15, -0.1) is 11.3 Å². The number of rotatable bonds is 2. The highest BCUT2D eigenvalue weighted by molar-refractivity contribution is 7.16. The van der Waals surface area contributed by atoms with Crippen LogP contribution in [0.3, 0.4) is 0 Å². The monoisotopic (exact) mass is 485 g/mol. The molecule has 0 bridgehead atoms. The van der Waals surface area contributed by atoms with Gasteiger partial charge in [0.05, 0.1) is 16.8 Å². The molecule has 0 atom stereocenters. The van der Waals surface area contributed by atoms with E-state index >= 15 is 0 Å². The van der Waals surface area contributed by atoms with Crippen LogP contribution in [0.1, 0.15) is 16.7 Å². The number of hydrogen-bond donors (Lipinski definition) is 0. The Kier molecular flexibility index (Phi) is 4.82. The van der Waals surface area contributed by atoms with Crippen LogP contribution in [0.15, 0.2) is 86.1 Å². The van der Waals surface area contributed by atoms with E-state index in [0.717, 1.165) is 21.7 Å². The zero-order valence-electron chi connectivity index (χ0n) is 18.9. The van der Waals surface area contributed by atoms with E-state index in [9.17, 15) is 20.1 Å². The lowest BCUT2D eigenvalue weighted by Gasteiger charge is -2.10. The number of hydrogen-bond acceptors (Lipinski definition) is 6. The first-order chi connectivity index (χ1) is 17.5. The van der Waals surface area contributed by atoms with Gasteiger partial charge in [0.25, 0.3) is 5.56 Å². The van der Waals surface area contributed by atoms with E-state index in [1.165, 1.54) is 15.7 Å². The van der Waals surface area contributed by atoms with Crippen molar-refractivity contribution >= 4 is 37.9 Å². The van der Waals surface area contributed by atoms with E-state index in [2.05, 4.69) is 6.07 Å². The van der Waals surface area contributed by atoms with Gasteiger partial charge < -0.3 is 4.42 Å². The Bertz CT molecular complexity index is 2070. The summed E-state index contributed by atoms with van der Waals surface area (Å²) in [5.41, 5.74) is 1.70. The molecular weight excluding hydrogens is 470 g/mol. The van der Waals surface area contributed by atoms with Crippen molar-refractivity contribution < 1.29 is 4.42 Å². The minimum Gasteiger partial charge on any atom is -0.422 e. The first-order valence-corrected chi connectivity index (χ1v) is 11.9. The normalized spacial score (nSPS) is 11.1. The van der Waals surface area contributed by atoms with Gasteiger partial charge in [-0.05, 0) is 35.4 Å². The number of aryl methyl sites for hydroxylation is 1. The summed E-state index contributed by atoms with van der Waals surface area (Å²) in [4.78, 5) is 27.0. The number of nitrogens with zero attached hydrogens (tertiary/aromatic N) is 3. The zero-order chi connectivity index (χ0) is 25.0. The second-order valence-electron chi connectivity index (χ2n) is 8.43. The van der Waals surface area contributed by atoms with E-state index in [0.29, 0.717) is 21.5 Å². The van der Waals surface area contributed by atoms with Gasteiger partial charge in [-0.25, -0.2) is 4.79 Å². The fourth-order valence-corrected chi connectivity index (χ4v) is 5.61. The molecule has 0 saturated heterocycles. The van der Waals surface area contributed by atoms with Gasteiger partial charge in [-0.3, -0.25) is 9.20 Å². The highest BCUT2D eigenvalue weighted by Crippen LogP contribution is 2.34. The summed E-state index contributed by atoms with van der Waals surface area (Å²) in [5.74, 6) is 0. The fraction of sp³-hybridized carbons (Fsp3) is 0.0345. The average molecular weight is 486 g/mol. The smallest absolute Gasteiger partial charge is 0.345 e. The SMILES string of the molecule is Cc1ccc(-c2c(C#N)c(=O)n3c(-c4cc5c(ccc6ccccc65)oc4=O)csc3c2C#N)cc1. The van der Waals surface area contributed by atoms with E-state index in [-0.39, 0.29) is 22.4 Å². The number of pyridine rings is 1. The summed E-state index contributed by atoms with van der Waals surface area (Å²) in [5, 5.41) is 24.3. The van der Waals surface area contributed by atoms with Crippen molar-refractivity contribution in [3.05, 3.63) is 110 Å². The average Bonchev–Trinajstić information content (AvgIpc) is 3.34. The fourth-order valence-electron chi connectivity index (χ4n) is 4.60. The van der Waals surface area contributed by atoms with Crippen molar-refractivity contribution in [2.45, 2.75) is 6.92 Å². The lowest BCUT2D eigenvalue weighted by atomic mass is 9.96. The van der Waals surface area contributed by atoms with Gasteiger partial charge in [0.1, 0.15) is 28.1 Å². The molecule has 0 aliphatic rings. The topological polar surface area (TPSA) is 99.3 Å². The molecule has 0 radical (unpaired) electrons. The Morgan fingerprint density at radius 1 is 0.889 bits per heavy atom. The second kappa shape index (κ2) is 8.06. The van der Waals surface area contributed by atoms with Gasteiger partial charge in [0, 0.05) is 16.3 Å². The Balaban J connectivity index is 1.71. The Hall–Kier alpha value is -4.98. The van der Waals surface area contributed by atoms with Crippen molar-refractivity contribution in [3.8, 4) is 34.5 Å². The molecular formula is C29H15N3O3S. The highest BCUT2D eigenvalue weighted by atomic mass is 32.1. The molecule has 0 fully saturated rings. The van der Waals surface area contributed by atoms with Crippen molar-refractivity contribution in [3.63, 3.8) is 0 Å². The molecule has 0 saturated carbocycles. The molecule has 3 heterocycles. The Morgan fingerprint density at radius 2 is 1.64 bits per heavy atom. The van der Waals surface area contributed by atoms with Crippen LogP contribution in [0.5, 0.6) is 0 Å². The minimum absolute atomic E-state index is 0.150. The standard InChI is InChI=1S/C29H15N3O3S/c1-16-6-8-18(9-7-16)26-22(13-30)27(33)32-24(15-36-28(32)23(26)14-31)21-12-20-19-5-3-2-4-17(19)10-11-25(20)35-29(21)34/h2-12,15H,1H3. The summed E-state index contributed by atoms with van der Waals surface area (Å²) >= 11 is 1.17. The maximum absolute atomic E-state index is 13.6. The summed E-state index contributed by atoms with van der Waals surface area (Å²) < 4.78 is 6.91. The first-order valence-electron chi connectivity index (χ1n) is 11.0. The molecule has 0 N–H and O–H groups in total. The molecule has 0 spiro atoms. The lowest BCUT2D eigenvalue weighted by molar-refractivity contribution is 0.563. The third-order valence-electron chi connectivity index (χ3n) is 6.34. The Morgan fingerprint density at radius 3 is 2.39 bits per heavy atom. The number of aromatic nitrogens is 1. The van der Waals surface area contributed by atoms with Crippen LogP contribution < -0.4 is 11.2 Å². The molecule has 6 aromatic rings. The zero-order valence-corrected chi connectivity index (χ0v) is 19.7. The molecule has 170 valence electrons. The maximum atomic E-state index is 13.6. The van der Waals surface area contributed by atoms with E-state index in [1.807, 2.05) is 55.5 Å². The van der Waals surface area contributed by atoms with Crippen LogP contribution in [0.2, 0.25) is 0 Å². The van der Waals surface area contributed by atoms with Crippen molar-refractivity contribution in [2.24, 2.45) is 0 Å². The molecule has 6 nitrogen and oxygen atoms in total. The van der Waals surface area contributed by atoms with E-state index < -0.39 is 11.2 Å². The largest absolute Gasteiger partial charge is 0.422 e. The van der Waals surface area contributed by atoms with E-state index in [4.69, 9.17) is 4.42 Å². The number of thiazole rings is 1. The minimum atomic E-state index is -0.607. The third-order valence-corrected chi connectivity index (χ3v) is 7.29. The second-order valence-corrected chi connectivity index (χ2v) is 9.29. The Labute approximate surface area is 208 Å². The molecule has 7 heteroatoms.